The number of nitrogens with one attached hydrogen (secondary N) is 6. The van der Waals surface area contributed by atoms with Crippen LogP contribution in [0.2, 0.25) is 0 Å². The highest BCUT2D eigenvalue weighted by atomic mass is 14.8. The fourth-order valence-corrected chi connectivity index (χ4v) is 11.5. The summed E-state index contributed by atoms with van der Waals surface area (Å²) in [4.78, 5) is 44.6. The maximum absolute atomic E-state index is 5.60. The topological polar surface area (TPSA) is 146 Å². The molecule has 12 aromatic heterocycles. The highest BCUT2D eigenvalue weighted by Crippen LogP contribution is 2.41. The Bertz CT molecular complexity index is 4810. The van der Waals surface area contributed by atoms with Gasteiger partial charge in [-0.05, 0) is 84.9 Å². The second-order valence-corrected chi connectivity index (χ2v) is 18.0. The maximum Gasteiger partial charge on any atom is 0.0972 e. The van der Waals surface area contributed by atoms with E-state index in [1.807, 2.05) is 12.4 Å². The quantitative estimate of drug-likeness (QED) is 0.0844. The van der Waals surface area contributed by atoms with E-state index in [2.05, 4.69) is 163 Å². The monoisotopic (exact) mass is 842 g/mol. The lowest BCUT2D eigenvalue weighted by Gasteiger charge is -2.08. The number of benzene rings is 5. The molecule has 10 nitrogen and oxygen atoms in total. The smallest absolute Gasteiger partial charge is 0.0972 e. The predicted molar refractivity (Wildman–Crippen MR) is 273 cm³/mol. The third-order valence-corrected chi connectivity index (χ3v) is 14.3. The van der Waals surface area contributed by atoms with Crippen LogP contribution in [0.1, 0.15) is 0 Å². The van der Waals surface area contributed by atoms with E-state index in [0.29, 0.717) is 0 Å². The zero-order valence-corrected chi connectivity index (χ0v) is 34.6. The lowest BCUT2D eigenvalue weighted by molar-refractivity contribution is 1.46. The van der Waals surface area contributed by atoms with E-state index in [1.165, 1.54) is 0 Å². The Balaban J connectivity index is 1.13. The molecule has 0 saturated carbocycles. The molecule has 16 bridgehead atoms. The Hall–Kier alpha value is -9.28. The summed E-state index contributed by atoms with van der Waals surface area (Å²) in [6, 6.07) is 48.0. The van der Waals surface area contributed by atoms with Gasteiger partial charge < -0.3 is 29.9 Å². The van der Waals surface area contributed by atoms with Crippen LogP contribution in [-0.2, 0) is 0 Å². The molecule has 12 heterocycles. The van der Waals surface area contributed by atoms with Gasteiger partial charge in [0.05, 0.1) is 66.2 Å². The zero-order chi connectivity index (χ0) is 42.5. The van der Waals surface area contributed by atoms with Crippen molar-refractivity contribution in [2.45, 2.75) is 0 Å². The third kappa shape index (κ3) is 4.25. The van der Waals surface area contributed by atoms with Gasteiger partial charge in [-0.25, -0.2) is 19.9 Å². The van der Waals surface area contributed by atoms with Gasteiger partial charge in [0.25, 0.3) is 0 Å². The summed E-state index contributed by atoms with van der Waals surface area (Å²) >= 11 is 0. The van der Waals surface area contributed by atoms with E-state index in [0.717, 1.165) is 175 Å². The van der Waals surface area contributed by atoms with E-state index >= 15 is 0 Å². The largest absolute Gasteiger partial charge is 0.361 e. The molecule has 0 aliphatic heterocycles. The summed E-state index contributed by atoms with van der Waals surface area (Å²) in [5, 5.41) is 14.7. The van der Waals surface area contributed by atoms with Crippen molar-refractivity contribution in [2.75, 3.05) is 0 Å². The lowest BCUT2D eigenvalue weighted by atomic mass is 10.0. The summed E-state index contributed by atoms with van der Waals surface area (Å²) in [6.45, 7) is 0. The first-order valence-electron chi connectivity index (χ1n) is 22.2. The number of nitrogens with zero attached hydrogens (tertiary/aromatic N) is 4. The van der Waals surface area contributed by atoms with E-state index in [1.54, 1.807) is 0 Å². The van der Waals surface area contributed by atoms with Gasteiger partial charge in [0.1, 0.15) is 0 Å². The molecule has 304 valence electrons. The molecule has 0 aliphatic carbocycles. The number of hydrogen-bond acceptors (Lipinski definition) is 4. The van der Waals surface area contributed by atoms with Crippen LogP contribution in [-0.4, -0.2) is 49.8 Å². The van der Waals surface area contributed by atoms with E-state index in [-0.39, 0.29) is 0 Å². The molecule has 0 unspecified atom stereocenters. The summed E-state index contributed by atoms with van der Waals surface area (Å²) in [7, 11) is 0. The molecule has 17 aromatic rings. The van der Waals surface area contributed by atoms with Crippen molar-refractivity contribution in [3.63, 3.8) is 0 Å². The average molecular weight is 843 g/mol. The Morgan fingerprint density at radius 3 is 1.00 bits per heavy atom. The summed E-state index contributed by atoms with van der Waals surface area (Å²) < 4.78 is 0. The van der Waals surface area contributed by atoms with Gasteiger partial charge in [0.15, 0.2) is 0 Å². The first-order chi connectivity index (χ1) is 32.6. The molecule has 17 rings (SSSR count). The maximum atomic E-state index is 5.60. The number of H-pyrrole nitrogens is 6. The fourth-order valence-electron chi connectivity index (χ4n) is 11.5. The van der Waals surface area contributed by atoms with Gasteiger partial charge in [-0.2, -0.15) is 0 Å². The van der Waals surface area contributed by atoms with Crippen LogP contribution in [0, 0.1) is 0 Å². The third-order valence-electron chi connectivity index (χ3n) is 14.3. The first kappa shape index (κ1) is 33.3. The molecule has 0 amide bonds. The summed E-state index contributed by atoms with van der Waals surface area (Å²) in [6.07, 6.45) is 4.01. The van der Waals surface area contributed by atoms with E-state index < -0.39 is 0 Å². The molecule has 0 spiro atoms. The fraction of sp³-hybridized carbons (Fsp3) is 0. The highest BCUT2D eigenvalue weighted by molar-refractivity contribution is 6.32. The minimum Gasteiger partial charge on any atom is -0.361 e. The SMILES string of the molecule is c1cc2c(cc3cc4cc5cc6c([nH]5)c(c5ccc7ccc8ccc(nc8c7n5)c2c3[nH]4)c2cc3cc4cc5cc7[nH]ccc7c(c7ccc8ccc9ccc(nc9c8n7)c6c2[nH]3)c5[nH]4)[nH]1. The number of aromatic amines is 6. The molecule has 5 aromatic carbocycles. The van der Waals surface area contributed by atoms with Crippen LogP contribution in [0.15, 0.2) is 146 Å². The Kier molecular flexibility index (Phi) is 5.78. The molecule has 10 heteroatoms. The van der Waals surface area contributed by atoms with E-state index in [9.17, 15) is 0 Å². The second kappa shape index (κ2) is 11.4. The predicted octanol–water partition coefficient (Wildman–Crippen LogP) is 14.2. The van der Waals surface area contributed by atoms with Crippen molar-refractivity contribution in [3.05, 3.63) is 146 Å². The van der Waals surface area contributed by atoms with Crippen molar-refractivity contribution in [2.24, 2.45) is 0 Å². The van der Waals surface area contributed by atoms with Crippen LogP contribution in [0.3, 0.4) is 0 Å². The Morgan fingerprint density at radius 1 is 0.273 bits per heavy atom. The second-order valence-electron chi connectivity index (χ2n) is 18.0. The normalized spacial score (nSPS) is 12.8. The Morgan fingerprint density at radius 2 is 0.606 bits per heavy atom. The number of fused-ring (bicyclic) bond motifs is 18. The average Bonchev–Trinajstić information content (AvgIpc) is 4.21. The molecular weight excluding hydrogens is 813 g/mol. The van der Waals surface area contributed by atoms with Crippen molar-refractivity contribution in [1.82, 2.24) is 49.8 Å². The van der Waals surface area contributed by atoms with Gasteiger partial charge in [0.2, 0.25) is 0 Å². The molecule has 0 saturated heterocycles. The van der Waals surface area contributed by atoms with Gasteiger partial charge >= 0.3 is 0 Å². The zero-order valence-electron chi connectivity index (χ0n) is 34.6. The highest BCUT2D eigenvalue weighted by Gasteiger charge is 2.19. The van der Waals surface area contributed by atoms with Crippen LogP contribution in [0.4, 0.5) is 0 Å². The van der Waals surface area contributed by atoms with Crippen molar-refractivity contribution in [3.8, 4) is 0 Å². The molecule has 0 fully saturated rings. The molecule has 0 radical (unpaired) electrons. The van der Waals surface area contributed by atoms with Crippen molar-refractivity contribution >= 4 is 175 Å². The summed E-state index contributed by atoms with van der Waals surface area (Å²) in [5.41, 5.74) is 16.9. The number of aromatic nitrogens is 10. The molecule has 66 heavy (non-hydrogen) atoms. The molecule has 0 atom stereocenters. The molecule has 0 aliphatic rings. The first-order valence-corrected chi connectivity index (χ1v) is 22.2. The molecular formula is C56H30N10. The van der Waals surface area contributed by atoms with Crippen molar-refractivity contribution in [1.29, 1.82) is 0 Å². The minimum atomic E-state index is 0.850. The molecule has 6 N–H and O–H groups in total. The van der Waals surface area contributed by atoms with Crippen LogP contribution in [0.5, 0.6) is 0 Å². The van der Waals surface area contributed by atoms with Crippen LogP contribution in [0.25, 0.3) is 175 Å². The summed E-state index contributed by atoms with van der Waals surface area (Å²) in [5.74, 6) is 0. The van der Waals surface area contributed by atoms with Gasteiger partial charge in [-0.15, -0.1) is 0 Å². The van der Waals surface area contributed by atoms with Gasteiger partial charge in [-0.3, -0.25) is 0 Å². The van der Waals surface area contributed by atoms with Crippen molar-refractivity contribution < 1.29 is 0 Å². The number of pyridine rings is 4. The van der Waals surface area contributed by atoms with Gasteiger partial charge in [0, 0.05) is 121 Å². The Labute approximate surface area is 368 Å². The number of hydrogen-bond donors (Lipinski definition) is 6. The van der Waals surface area contributed by atoms with Crippen LogP contribution >= 0.6 is 0 Å². The van der Waals surface area contributed by atoms with Gasteiger partial charge in [-0.1, -0.05) is 48.5 Å². The standard InChI is InChI=1S/C56H30N10/c1-3-27-7-11-41-47-37-23-33-22-32-18-30-20-44-36(14-16-58-44)46(50(30)60-32)40-10-6-26-2-4-28-8-12-42(66-54(28)52(26)64-40)48(56(37)62-33)38-24-34(61-55(38)47)21-31-17-29-19-43-35(13-15-57-43)45(49(29)59-31)39-9-5-25(1)51(63-39)53(27)65-41/h1-24,57-62H. The minimum absolute atomic E-state index is 0.850. The number of rotatable bonds is 0. The lowest BCUT2D eigenvalue weighted by Crippen LogP contribution is -1.89. The van der Waals surface area contributed by atoms with E-state index in [4.69, 9.17) is 19.9 Å². The van der Waals surface area contributed by atoms with Crippen LogP contribution < -0.4 is 0 Å².